The minimum atomic E-state index is -5.19. The largest absolute Gasteiger partial charge is 0.490 e. The number of fused-ring (bicyclic) bond motifs is 3. The quantitative estimate of drug-likeness (QED) is 0.102. The smallest absolute Gasteiger partial charge is 0.487 e. The van der Waals surface area contributed by atoms with Crippen LogP contribution < -0.4 is 14.8 Å². The Hall–Kier alpha value is -4.20. The number of anilines is 2. The lowest BCUT2D eigenvalue weighted by atomic mass is 10.2. The summed E-state index contributed by atoms with van der Waals surface area (Å²) in [6, 6.07) is 15.9. The zero-order chi connectivity index (χ0) is 30.1. The first-order valence-corrected chi connectivity index (χ1v) is 13.3. The Morgan fingerprint density at radius 2 is 1.90 bits per heavy atom. The van der Waals surface area contributed by atoms with E-state index in [0.29, 0.717) is 42.8 Å². The van der Waals surface area contributed by atoms with Gasteiger partial charge in [0.05, 0.1) is 10.4 Å². The van der Waals surface area contributed by atoms with Crippen molar-refractivity contribution >= 4 is 60.7 Å². The van der Waals surface area contributed by atoms with Crippen LogP contribution >= 0.6 is 22.9 Å². The van der Waals surface area contributed by atoms with Crippen LogP contribution in [0, 0.1) is 5.82 Å². The van der Waals surface area contributed by atoms with Crippen molar-refractivity contribution in [1.29, 1.82) is 0 Å². The fraction of sp³-hybridized carbons (Fsp3) is 0.179. The third-order valence-electron chi connectivity index (χ3n) is 5.76. The van der Waals surface area contributed by atoms with E-state index in [1.165, 1.54) is 35.9 Å². The first kappa shape index (κ1) is 29.3. The summed E-state index contributed by atoms with van der Waals surface area (Å²) in [5, 5.41) is 15.3. The van der Waals surface area contributed by atoms with E-state index in [2.05, 4.69) is 20.0 Å². The van der Waals surface area contributed by atoms with Crippen LogP contribution in [0.25, 0.3) is 20.3 Å². The average Bonchev–Trinajstić information content (AvgIpc) is 3.29. The summed E-state index contributed by atoms with van der Waals surface area (Å²) in [4.78, 5) is 20.3. The highest BCUT2D eigenvalue weighted by Crippen LogP contribution is 2.39. The number of ether oxygens (including phenoxy) is 3. The van der Waals surface area contributed by atoms with Gasteiger partial charge in [0, 0.05) is 22.7 Å². The molecule has 0 aliphatic heterocycles. The summed E-state index contributed by atoms with van der Waals surface area (Å²) in [7, 11) is 0. The van der Waals surface area contributed by atoms with Crippen molar-refractivity contribution in [3.8, 4) is 11.5 Å². The maximum absolute atomic E-state index is 13.4. The van der Waals surface area contributed by atoms with Crippen molar-refractivity contribution in [2.24, 2.45) is 0 Å². The second-order valence-corrected chi connectivity index (χ2v) is 10.6. The highest BCUT2D eigenvalue weighted by molar-refractivity contribution is 7.25. The van der Waals surface area contributed by atoms with Crippen LogP contribution in [0.2, 0.25) is 5.02 Å². The SMILES string of the molecule is CC(O)(COC(=O)C(F)(F)F)Oc1ccc2c(c1)sc1ncnc(Nc3ccc(OCc4cccc(F)c4)c(Cl)c3)c12. The van der Waals surface area contributed by atoms with E-state index in [9.17, 15) is 27.5 Å². The van der Waals surface area contributed by atoms with E-state index in [0.717, 1.165) is 12.3 Å². The molecule has 42 heavy (non-hydrogen) atoms. The molecule has 0 radical (unpaired) electrons. The highest BCUT2D eigenvalue weighted by atomic mass is 35.5. The van der Waals surface area contributed by atoms with Gasteiger partial charge in [-0.2, -0.15) is 13.2 Å². The van der Waals surface area contributed by atoms with Crippen LogP contribution in [-0.4, -0.2) is 39.6 Å². The molecule has 14 heteroatoms. The number of aliphatic hydroxyl groups is 1. The molecule has 3 aromatic carbocycles. The van der Waals surface area contributed by atoms with Gasteiger partial charge < -0.3 is 24.6 Å². The predicted molar refractivity (Wildman–Crippen MR) is 149 cm³/mol. The third kappa shape index (κ3) is 6.81. The Morgan fingerprint density at radius 3 is 2.64 bits per heavy atom. The Morgan fingerprint density at radius 1 is 1.10 bits per heavy atom. The molecule has 218 valence electrons. The predicted octanol–water partition coefficient (Wildman–Crippen LogP) is 7.15. The van der Waals surface area contributed by atoms with Crippen molar-refractivity contribution in [3.05, 3.63) is 83.4 Å². The monoisotopic (exact) mass is 621 g/mol. The zero-order valence-electron chi connectivity index (χ0n) is 21.5. The zero-order valence-corrected chi connectivity index (χ0v) is 23.1. The lowest BCUT2D eigenvalue weighted by Gasteiger charge is -2.24. The molecule has 0 fully saturated rings. The van der Waals surface area contributed by atoms with Crippen LogP contribution in [0.4, 0.5) is 29.1 Å². The molecule has 0 spiro atoms. The van der Waals surface area contributed by atoms with E-state index < -0.39 is 24.5 Å². The molecule has 0 aliphatic rings. The van der Waals surface area contributed by atoms with Gasteiger partial charge in [0.1, 0.15) is 40.9 Å². The first-order valence-electron chi connectivity index (χ1n) is 12.1. The fourth-order valence-electron chi connectivity index (χ4n) is 3.93. The Bertz CT molecular complexity index is 1780. The van der Waals surface area contributed by atoms with Crippen LogP contribution in [0.1, 0.15) is 12.5 Å². The summed E-state index contributed by atoms with van der Waals surface area (Å²) in [6.07, 6.45) is -3.81. The molecule has 0 saturated carbocycles. The maximum atomic E-state index is 13.4. The minimum absolute atomic E-state index is 0.130. The van der Waals surface area contributed by atoms with Gasteiger partial charge in [-0.3, -0.25) is 0 Å². The number of nitrogens with zero attached hydrogens (tertiary/aromatic N) is 2. The summed E-state index contributed by atoms with van der Waals surface area (Å²) in [5.74, 6) is -3.99. The van der Waals surface area contributed by atoms with Crippen LogP contribution in [-0.2, 0) is 16.1 Å². The molecule has 0 bridgehead atoms. The van der Waals surface area contributed by atoms with Gasteiger partial charge in [0.2, 0.25) is 5.79 Å². The molecule has 2 heterocycles. The number of carbonyl (C=O) groups is 1. The van der Waals surface area contributed by atoms with E-state index in [-0.39, 0.29) is 18.2 Å². The number of halogens is 5. The molecule has 2 N–H and O–H groups in total. The first-order chi connectivity index (χ1) is 19.9. The van der Waals surface area contributed by atoms with Crippen molar-refractivity contribution in [3.63, 3.8) is 0 Å². The van der Waals surface area contributed by atoms with Crippen molar-refractivity contribution in [1.82, 2.24) is 9.97 Å². The molecule has 5 aromatic rings. The van der Waals surface area contributed by atoms with E-state index in [1.54, 1.807) is 42.5 Å². The Kier molecular flexibility index (Phi) is 8.08. The number of rotatable bonds is 9. The Labute approximate surface area is 244 Å². The molecule has 8 nitrogen and oxygen atoms in total. The molecular weight excluding hydrogens is 602 g/mol. The molecule has 2 aromatic heterocycles. The van der Waals surface area contributed by atoms with Crippen molar-refractivity contribution in [2.45, 2.75) is 25.5 Å². The number of benzene rings is 3. The summed E-state index contributed by atoms with van der Waals surface area (Å²) in [6.45, 7) is 0.173. The van der Waals surface area contributed by atoms with Crippen LogP contribution in [0.3, 0.4) is 0 Å². The van der Waals surface area contributed by atoms with E-state index in [1.807, 2.05) is 0 Å². The van der Waals surface area contributed by atoms with Gasteiger partial charge in [-0.05, 0) is 54.1 Å². The number of alkyl halides is 3. The number of nitrogens with one attached hydrogen (secondary N) is 1. The number of esters is 1. The molecule has 1 atom stereocenters. The number of thiophene rings is 1. The van der Waals surface area contributed by atoms with Gasteiger partial charge >= 0.3 is 12.1 Å². The summed E-state index contributed by atoms with van der Waals surface area (Å²) >= 11 is 7.73. The number of carbonyl (C=O) groups excluding carboxylic acids is 1. The standard InChI is InChI=1S/C28H20ClF4N3O5S/c1-27(38,13-40-26(37)28(31,32)33)41-18-6-7-19-22(11-18)42-25-23(19)24(34-14-35-25)36-17-5-8-21(20(29)10-17)39-12-15-3-2-4-16(30)9-15/h2-11,14,38H,12-13H2,1H3,(H,34,35,36). The van der Waals surface area contributed by atoms with E-state index in [4.69, 9.17) is 21.1 Å². The topological polar surface area (TPSA) is 103 Å². The van der Waals surface area contributed by atoms with Gasteiger partial charge in [0.15, 0.2) is 6.61 Å². The molecule has 5 rings (SSSR count). The maximum Gasteiger partial charge on any atom is 0.490 e. The van der Waals surface area contributed by atoms with Crippen LogP contribution in [0.15, 0.2) is 67.0 Å². The lowest BCUT2D eigenvalue weighted by Crippen LogP contribution is -2.40. The van der Waals surface area contributed by atoms with Gasteiger partial charge in [0.25, 0.3) is 0 Å². The van der Waals surface area contributed by atoms with Crippen molar-refractivity contribution in [2.75, 3.05) is 11.9 Å². The number of hydrogen-bond donors (Lipinski definition) is 2. The summed E-state index contributed by atoms with van der Waals surface area (Å²) < 4.78 is 66.6. The normalized spacial score (nSPS) is 13.1. The number of hydrogen-bond acceptors (Lipinski definition) is 9. The summed E-state index contributed by atoms with van der Waals surface area (Å²) in [5.41, 5.74) is 1.27. The number of aromatic nitrogens is 2. The minimum Gasteiger partial charge on any atom is -0.487 e. The average molecular weight is 622 g/mol. The highest BCUT2D eigenvalue weighted by Gasteiger charge is 2.42. The van der Waals surface area contributed by atoms with Crippen molar-refractivity contribution < 1.29 is 41.7 Å². The lowest BCUT2D eigenvalue weighted by molar-refractivity contribution is -0.217. The van der Waals surface area contributed by atoms with E-state index >= 15 is 0 Å². The second-order valence-electron chi connectivity index (χ2n) is 9.20. The molecule has 0 saturated heterocycles. The van der Waals surface area contributed by atoms with Crippen LogP contribution in [0.5, 0.6) is 11.5 Å². The second kappa shape index (κ2) is 11.6. The molecular formula is C28H20ClF4N3O5S. The fourth-order valence-corrected chi connectivity index (χ4v) is 5.24. The van der Waals surface area contributed by atoms with Gasteiger partial charge in [-0.15, -0.1) is 11.3 Å². The molecule has 0 amide bonds. The Balaban J connectivity index is 1.32. The molecule has 0 aliphatic carbocycles. The third-order valence-corrected chi connectivity index (χ3v) is 7.12. The van der Waals surface area contributed by atoms with Gasteiger partial charge in [-0.25, -0.2) is 19.2 Å². The van der Waals surface area contributed by atoms with Gasteiger partial charge in [-0.1, -0.05) is 23.7 Å². The molecule has 1 unspecified atom stereocenters.